The van der Waals surface area contributed by atoms with Crippen LogP contribution in [0.4, 0.5) is 0 Å². The summed E-state index contributed by atoms with van der Waals surface area (Å²) in [7, 11) is 0. The summed E-state index contributed by atoms with van der Waals surface area (Å²) in [6.07, 6.45) is 6.04. The molecule has 0 radical (unpaired) electrons. The van der Waals surface area contributed by atoms with Crippen molar-refractivity contribution in [3.05, 3.63) is 48.1 Å². The molecular formula is C13H11NO3. The molecule has 1 N–H and O–H groups in total. The molecule has 0 unspecified atom stereocenters. The summed E-state index contributed by atoms with van der Waals surface area (Å²) in [4.78, 5) is 23.6. The van der Waals surface area contributed by atoms with Gasteiger partial charge in [0.05, 0.1) is 0 Å². The molecule has 1 heterocycles. The number of rotatable bonds is 3. The van der Waals surface area contributed by atoms with Gasteiger partial charge in [-0.3, -0.25) is 14.5 Å². The molecule has 0 aliphatic carbocycles. The van der Waals surface area contributed by atoms with E-state index < -0.39 is 0 Å². The number of benzene rings is 1. The van der Waals surface area contributed by atoms with Crippen LogP contribution in [0.3, 0.4) is 0 Å². The Morgan fingerprint density at radius 2 is 1.65 bits per heavy atom. The van der Waals surface area contributed by atoms with Gasteiger partial charge in [-0.1, -0.05) is 24.3 Å². The van der Waals surface area contributed by atoms with Gasteiger partial charge in [-0.15, -0.1) is 0 Å². The Hall–Kier alpha value is -2.36. The first-order valence-corrected chi connectivity index (χ1v) is 5.16. The lowest BCUT2D eigenvalue weighted by Gasteiger charge is -2.09. The van der Waals surface area contributed by atoms with Crippen LogP contribution in [0.5, 0.6) is 5.75 Å². The van der Waals surface area contributed by atoms with Gasteiger partial charge < -0.3 is 5.11 Å². The largest absolute Gasteiger partial charge is 0.508 e. The van der Waals surface area contributed by atoms with Crippen molar-refractivity contribution in [1.29, 1.82) is 0 Å². The number of aromatic hydroxyl groups is 1. The molecule has 0 aromatic heterocycles. The number of imide groups is 1. The predicted octanol–water partition coefficient (Wildman–Crippen LogP) is 1.33. The average Bonchev–Trinajstić information content (AvgIpc) is 2.63. The third-order valence-corrected chi connectivity index (χ3v) is 2.39. The van der Waals surface area contributed by atoms with Crippen molar-refractivity contribution < 1.29 is 14.7 Å². The van der Waals surface area contributed by atoms with Crippen LogP contribution in [0, 0.1) is 0 Å². The van der Waals surface area contributed by atoms with Gasteiger partial charge in [0.15, 0.2) is 0 Å². The maximum absolute atomic E-state index is 11.2. The molecule has 17 heavy (non-hydrogen) atoms. The highest BCUT2D eigenvalue weighted by Crippen LogP contribution is 2.11. The summed E-state index contributed by atoms with van der Waals surface area (Å²) >= 11 is 0. The Morgan fingerprint density at radius 3 is 2.24 bits per heavy atom. The number of phenols is 1. The van der Waals surface area contributed by atoms with E-state index in [-0.39, 0.29) is 24.1 Å². The van der Waals surface area contributed by atoms with Crippen molar-refractivity contribution in [3.63, 3.8) is 0 Å². The monoisotopic (exact) mass is 229 g/mol. The fourth-order valence-electron chi connectivity index (χ4n) is 1.49. The van der Waals surface area contributed by atoms with Crippen LogP contribution >= 0.6 is 0 Å². The van der Waals surface area contributed by atoms with E-state index in [4.69, 9.17) is 5.11 Å². The average molecular weight is 229 g/mol. The molecule has 4 heteroatoms. The van der Waals surface area contributed by atoms with E-state index in [1.165, 1.54) is 12.2 Å². The van der Waals surface area contributed by atoms with Crippen molar-refractivity contribution in [2.24, 2.45) is 0 Å². The molecule has 0 atom stereocenters. The van der Waals surface area contributed by atoms with Gasteiger partial charge in [0.2, 0.25) is 0 Å². The topological polar surface area (TPSA) is 57.6 Å². The summed E-state index contributed by atoms with van der Waals surface area (Å²) < 4.78 is 0. The Morgan fingerprint density at radius 1 is 1.06 bits per heavy atom. The Bertz CT molecular complexity index is 482. The fourth-order valence-corrected chi connectivity index (χ4v) is 1.49. The molecule has 1 aliphatic rings. The fraction of sp³-hybridized carbons (Fsp3) is 0.0769. The molecule has 2 rings (SSSR count). The first-order chi connectivity index (χ1) is 8.16. The normalized spacial score (nSPS) is 15.2. The molecule has 86 valence electrons. The quantitative estimate of drug-likeness (QED) is 0.795. The molecule has 1 aliphatic heterocycles. The summed E-state index contributed by atoms with van der Waals surface area (Å²) in [6, 6.07) is 6.65. The summed E-state index contributed by atoms with van der Waals surface area (Å²) in [5.74, 6) is -0.369. The van der Waals surface area contributed by atoms with Gasteiger partial charge >= 0.3 is 0 Å². The third-order valence-electron chi connectivity index (χ3n) is 2.39. The maximum atomic E-state index is 11.2. The van der Waals surface area contributed by atoms with E-state index in [9.17, 15) is 9.59 Å². The van der Waals surface area contributed by atoms with Crippen molar-refractivity contribution in [2.45, 2.75) is 0 Å². The predicted molar refractivity (Wildman–Crippen MR) is 63.0 cm³/mol. The lowest BCUT2D eigenvalue weighted by Crippen LogP contribution is -2.29. The van der Waals surface area contributed by atoms with Crippen molar-refractivity contribution in [2.75, 3.05) is 6.54 Å². The maximum Gasteiger partial charge on any atom is 0.253 e. The minimum atomic E-state index is -0.287. The van der Waals surface area contributed by atoms with Crippen LogP contribution in [0.15, 0.2) is 42.5 Å². The molecular weight excluding hydrogens is 218 g/mol. The SMILES string of the molecule is O=C1C=CC(=O)N1C/C=C/c1ccc(O)cc1. The molecule has 2 amide bonds. The molecule has 1 aromatic carbocycles. The van der Waals surface area contributed by atoms with Crippen molar-refractivity contribution >= 4 is 17.9 Å². The number of carbonyl (C=O) groups is 2. The molecule has 0 saturated carbocycles. The van der Waals surface area contributed by atoms with E-state index in [2.05, 4.69) is 0 Å². The number of hydrogen-bond donors (Lipinski definition) is 1. The molecule has 4 nitrogen and oxygen atoms in total. The van der Waals surface area contributed by atoms with Crippen LogP contribution in [0.1, 0.15) is 5.56 Å². The molecule has 0 saturated heterocycles. The smallest absolute Gasteiger partial charge is 0.253 e. The summed E-state index contributed by atoms with van der Waals surface area (Å²) in [5, 5.41) is 9.09. The second-order valence-electron chi connectivity index (χ2n) is 3.61. The molecule has 1 aromatic rings. The Kier molecular flexibility index (Phi) is 3.05. The lowest BCUT2D eigenvalue weighted by atomic mass is 10.2. The Labute approximate surface area is 98.5 Å². The lowest BCUT2D eigenvalue weighted by molar-refractivity contribution is -0.136. The first kappa shape index (κ1) is 11.1. The van der Waals surface area contributed by atoms with Gasteiger partial charge in [0.25, 0.3) is 11.8 Å². The standard InChI is InChI=1S/C13H11NO3/c15-11-5-3-10(4-6-11)2-1-9-14-12(16)7-8-13(14)17/h1-8,15H,9H2/b2-1+. The van der Waals surface area contributed by atoms with E-state index in [1.807, 2.05) is 0 Å². The highest BCUT2D eigenvalue weighted by molar-refractivity contribution is 6.13. The Balaban J connectivity index is 1.96. The molecule has 0 spiro atoms. The highest BCUT2D eigenvalue weighted by Gasteiger charge is 2.21. The van der Waals surface area contributed by atoms with Gasteiger partial charge in [0, 0.05) is 18.7 Å². The summed E-state index contributed by atoms with van der Waals surface area (Å²) in [5.41, 5.74) is 0.898. The van der Waals surface area contributed by atoms with Crippen LogP contribution in [0.2, 0.25) is 0 Å². The zero-order chi connectivity index (χ0) is 12.3. The number of phenolic OH excluding ortho intramolecular Hbond substituents is 1. The van der Waals surface area contributed by atoms with Gasteiger partial charge in [-0.2, -0.15) is 0 Å². The third kappa shape index (κ3) is 2.60. The van der Waals surface area contributed by atoms with E-state index in [0.29, 0.717) is 0 Å². The van der Waals surface area contributed by atoms with Crippen molar-refractivity contribution in [1.82, 2.24) is 4.90 Å². The van der Waals surface area contributed by atoms with Crippen LogP contribution in [0.25, 0.3) is 6.08 Å². The number of amides is 2. The van der Waals surface area contributed by atoms with Crippen LogP contribution < -0.4 is 0 Å². The van der Waals surface area contributed by atoms with Gasteiger partial charge in [-0.25, -0.2) is 0 Å². The number of nitrogens with zero attached hydrogens (tertiary/aromatic N) is 1. The van der Waals surface area contributed by atoms with Gasteiger partial charge in [0.1, 0.15) is 5.75 Å². The van der Waals surface area contributed by atoms with Gasteiger partial charge in [-0.05, 0) is 17.7 Å². The van der Waals surface area contributed by atoms with Crippen LogP contribution in [-0.4, -0.2) is 28.4 Å². The van der Waals surface area contributed by atoms with Crippen molar-refractivity contribution in [3.8, 4) is 5.75 Å². The minimum absolute atomic E-state index is 0.205. The second kappa shape index (κ2) is 4.65. The first-order valence-electron chi connectivity index (χ1n) is 5.16. The number of hydrogen-bond acceptors (Lipinski definition) is 3. The van der Waals surface area contributed by atoms with E-state index in [0.717, 1.165) is 10.5 Å². The molecule has 0 bridgehead atoms. The highest BCUT2D eigenvalue weighted by atomic mass is 16.3. The zero-order valence-electron chi connectivity index (χ0n) is 9.04. The molecule has 0 fully saturated rings. The second-order valence-corrected chi connectivity index (χ2v) is 3.61. The minimum Gasteiger partial charge on any atom is -0.508 e. The zero-order valence-corrected chi connectivity index (χ0v) is 9.04. The number of carbonyl (C=O) groups excluding carboxylic acids is 2. The van der Waals surface area contributed by atoms with E-state index in [1.54, 1.807) is 36.4 Å². The van der Waals surface area contributed by atoms with Crippen LogP contribution in [-0.2, 0) is 9.59 Å². The van der Waals surface area contributed by atoms with E-state index >= 15 is 0 Å². The summed E-state index contributed by atoms with van der Waals surface area (Å²) in [6.45, 7) is 0.255.